The Morgan fingerprint density at radius 3 is 2.71 bits per heavy atom. The fourth-order valence-corrected chi connectivity index (χ4v) is 1.82. The number of halogens is 1. The molecule has 0 saturated carbocycles. The van der Waals surface area contributed by atoms with E-state index in [-0.39, 0.29) is 0 Å². The number of hydrogen-bond acceptors (Lipinski definition) is 3. The molecule has 2 heterocycles. The van der Waals surface area contributed by atoms with Crippen LogP contribution in [0.4, 0.5) is 0 Å². The summed E-state index contributed by atoms with van der Waals surface area (Å²) in [7, 11) is 1.88. The van der Waals surface area contributed by atoms with Gasteiger partial charge in [-0.3, -0.25) is 4.68 Å². The lowest BCUT2D eigenvalue weighted by molar-refractivity contribution is 0.621. The highest BCUT2D eigenvalue weighted by Gasteiger charge is 2.08. The first-order chi connectivity index (χ1) is 8.04. The summed E-state index contributed by atoms with van der Waals surface area (Å²) >= 11 is 6.01. The predicted molar refractivity (Wildman–Crippen MR) is 67.8 cm³/mol. The van der Waals surface area contributed by atoms with Gasteiger partial charge in [-0.05, 0) is 5.92 Å². The Morgan fingerprint density at radius 2 is 2.12 bits per heavy atom. The van der Waals surface area contributed by atoms with Crippen LogP contribution in [0.15, 0.2) is 18.5 Å². The van der Waals surface area contributed by atoms with Crippen molar-refractivity contribution in [2.75, 3.05) is 0 Å². The zero-order chi connectivity index (χ0) is 12.4. The molecule has 0 radical (unpaired) electrons. The van der Waals surface area contributed by atoms with Gasteiger partial charge < -0.3 is 0 Å². The second-order valence-electron chi connectivity index (χ2n) is 4.49. The van der Waals surface area contributed by atoms with E-state index in [0.717, 1.165) is 23.5 Å². The summed E-state index contributed by atoms with van der Waals surface area (Å²) in [5.74, 6) is 1.29. The van der Waals surface area contributed by atoms with Gasteiger partial charge in [-0.25, -0.2) is 9.97 Å². The van der Waals surface area contributed by atoms with Gasteiger partial charge in [0.25, 0.3) is 0 Å². The van der Waals surface area contributed by atoms with Gasteiger partial charge in [0, 0.05) is 31.3 Å². The molecular formula is C12H15ClN4. The molecule has 0 aliphatic rings. The van der Waals surface area contributed by atoms with E-state index >= 15 is 0 Å². The Morgan fingerprint density at radius 1 is 1.35 bits per heavy atom. The average molecular weight is 251 g/mol. The highest BCUT2D eigenvalue weighted by molar-refractivity contribution is 6.29. The molecule has 0 amide bonds. The van der Waals surface area contributed by atoms with Crippen molar-refractivity contribution < 1.29 is 0 Å². The van der Waals surface area contributed by atoms with Crippen molar-refractivity contribution in [1.82, 2.24) is 19.7 Å². The van der Waals surface area contributed by atoms with E-state index in [1.807, 2.05) is 13.2 Å². The Hall–Kier alpha value is -1.42. The molecule has 17 heavy (non-hydrogen) atoms. The number of aryl methyl sites for hydroxylation is 1. The largest absolute Gasteiger partial charge is 0.275 e. The molecule has 4 nitrogen and oxygen atoms in total. The quantitative estimate of drug-likeness (QED) is 0.787. The van der Waals surface area contributed by atoms with Gasteiger partial charge >= 0.3 is 0 Å². The lowest BCUT2D eigenvalue weighted by atomic mass is 10.1. The average Bonchev–Trinajstić information content (AvgIpc) is 2.62. The van der Waals surface area contributed by atoms with E-state index in [2.05, 4.69) is 28.9 Å². The number of aromatic nitrogens is 4. The monoisotopic (exact) mass is 250 g/mol. The third kappa shape index (κ3) is 3.03. The zero-order valence-electron chi connectivity index (χ0n) is 10.2. The van der Waals surface area contributed by atoms with Crippen LogP contribution in [0.3, 0.4) is 0 Å². The summed E-state index contributed by atoms with van der Waals surface area (Å²) in [5.41, 5.74) is 1.79. The molecule has 0 aliphatic carbocycles. The van der Waals surface area contributed by atoms with Crippen molar-refractivity contribution in [2.45, 2.75) is 20.3 Å². The SMILES string of the molecule is CC(C)Cc1nc(Cl)cc(-c2cnn(C)c2)n1. The van der Waals surface area contributed by atoms with Crippen LogP contribution in [0.25, 0.3) is 11.3 Å². The number of nitrogens with zero attached hydrogens (tertiary/aromatic N) is 4. The lowest BCUT2D eigenvalue weighted by Crippen LogP contribution is -2.02. The summed E-state index contributed by atoms with van der Waals surface area (Å²) in [6, 6.07) is 1.77. The van der Waals surface area contributed by atoms with Crippen LogP contribution in [-0.4, -0.2) is 19.7 Å². The third-order valence-electron chi connectivity index (χ3n) is 2.33. The van der Waals surface area contributed by atoms with Crippen LogP contribution in [0.5, 0.6) is 0 Å². The first kappa shape index (κ1) is 12.0. The van der Waals surface area contributed by atoms with Crippen molar-refractivity contribution >= 4 is 11.6 Å². The van der Waals surface area contributed by atoms with E-state index in [9.17, 15) is 0 Å². The van der Waals surface area contributed by atoms with Crippen LogP contribution in [-0.2, 0) is 13.5 Å². The lowest BCUT2D eigenvalue weighted by Gasteiger charge is -2.05. The van der Waals surface area contributed by atoms with Crippen LogP contribution in [0.2, 0.25) is 5.15 Å². The molecule has 0 saturated heterocycles. The van der Waals surface area contributed by atoms with Gasteiger partial charge in [0.2, 0.25) is 0 Å². The molecule has 0 atom stereocenters. The molecule has 0 fully saturated rings. The summed E-state index contributed by atoms with van der Waals surface area (Å²) < 4.78 is 1.74. The Kier molecular flexibility index (Phi) is 3.43. The van der Waals surface area contributed by atoms with Crippen molar-refractivity contribution in [2.24, 2.45) is 13.0 Å². The second-order valence-corrected chi connectivity index (χ2v) is 4.88. The maximum atomic E-state index is 6.01. The molecule has 5 heteroatoms. The topological polar surface area (TPSA) is 43.6 Å². The highest BCUT2D eigenvalue weighted by Crippen LogP contribution is 2.20. The minimum atomic E-state index is 0.481. The first-order valence-corrected chi connectivity index (χ1v) is 5.95. The summed E-state index contributed by atoms with van der Waals surface area (Å²) in [5, 5.41) is 4.61. The maximum Gasteiger partial charge on any atom is 0.133 e. The Balaban J connectivity index is 2.37. The molecule has 2 aromatic rings. The highest BCUT2D eigenvalue weighted by atomic mass is 35.5. The predicted octanol–water partition coefficient (Wildman–Crippen LogP) is 2.73. The van der Waals surface area contributed by atoms with E-state index in [0.29, 0.717) is 11.1 Å². The number of hydrogen-bond donors (Lipinski definition) is 0. The van der Waals surface area contributed by atoms with Crippen LogP contribution in [0, 0.1) is 5.92 Å². The van der Waals surface area contributed by atoms with Gasteiger partial charge in [0.15, 0.2) is 0 Å². The smallest absolute Gasteiger partial charge is 0.133 e. The van der Waals surface area contributed by atoms with Crippen molar-refractivity contribution in [3.63, 3.8) is 0 Å². The normalized spacial score (nSPS) is 11.1. The van der Waals surface area contributed by atoms with Gasteiger partial charge in [0.05, 0.1) is 11.9 Å². The Labute approximate surface area is 106 Å². The van der Waals surface area contributed by atoms with E-state index in [4.69, 9.17) is 11.6 Å². The molecule has 2 aromatic heterocycles. The van der Waals surface area contributed by atoms with E-state index in [1.165, 1.54) is 0 Å². The van der Waals surface area contributed by atoms with Gasteiger partial charge in [-0.1, -0.05) is 25.4 Å². The third-order valence-corrected chi connectivity index (χ3v) is 2.53. The molecule has 0 aliphatic heterocycles. The van der Waals surface area contributed by atoms with Crippen LogP contribution in [0.1, 0.15) is 19.7 Å². The molecule has 0 N–H and O–H groups in total. The molecule has 0 bridgehead atoms. The van der Waals surface area contributed by atoms with Gasteiger partial charge in [-0.2, -0.15) is 5.10 Å². The number of rotatable bonds is 3. The van der Waals surface area contributed by atoms with E-state index < -0.39 is 0 Å². The molecular weight excluding hydrogens is 236 g/mol. The summed E-state index contributed by atoms with van der Waals surface area (Å²) in [6.07, 6.45) is 4.52. The Bertz CT molecular complexity index is 519. The van der Waals surface area contributed by atoms with Crippen molar-refractivity contribution in [3.05, 3.63) is 29.4 Å². The maximum absolute atomic E-state index is 6.01. The first-order valence-electron chi connectivity index (χ1n) is 5.57. The zero-order valence-corrected chi connectivity index (χ0v) is 10.9. The minimum absolute atomic E-state index is 0.481. The van der Waals surface area contributed by atoms with Gasteiger partial charge in [0.1, 0.15) is 11.0 Å². The van der Waals surface area contributed by atoms with Crippen molar-refractivity contribution in [1.29, 1.82) is 0 Å². The molecule has 0 spiro atoms. The summed E-state index contributed by atoms with van der Waals surface area (Å²) in [4.78, 5) is 8.74. The molecule has 2 rings (SSSR count). The molecule has 0 unspecified atom stereocenters. The van der Waals surface area contributed by atoms with Crippen LogP contribution >= 0.6 is 11.6 Å². The fraction of sp³-hybridized carbons (Fsp3) is 0.417. The second kappa shape index (κ2) is 4.84. The van der Waals surface area contributed by atoms with Crippen molar-refractivity contribution in [3.8, 4) is 11.3 Å². The van der Waals surface area contributed by atoms with Gasteiger partial charge in [-0.15, -0.1) is 0 Å². The summed E-state index contributed by atoms with van der Waals surface area (Å²) in [6.45, 7) is 4.27. The fourth-order valence-electron chi connectivity index (χ4n) is 1.62. The molecule has 90 valence electrons. The minimum Gasteiger partial charge on any atom is -0.275 e. The molecule has 0 aromatic carbocycles. The van der Waals surface area contributed by atoms with Crippen LogP contribution < -0.4 is 0 Å². The standard InChI is InChI=1S/C12H15ClN4/c1-8(2)4-12-15-10(5-11(13)16-12)9-6-14-17(3)7-9/h5-8H,4H2,1-3H3. The van der Waals surface area contributed by atoms with E-state index in [1.54, 1.807) is 16.9 Å².